The third-order valence-corrected chi connectivity index (χ3v) is 19.0. The molecule has 1 unspecified atom stereocenters. The van der Waals surface area contributed by atoms with Crippen molar-refractivity contribution in [2.75, 3.05) is 72.2 Å². The molecule has 13 atom stereocenters. The molecule has 116 heavy (non-hydrogen) atoms. The van der Waals surface area contributed by atoms with Crippen LogP contribution in [0.15, 0.2) is 78.9 Å². The molecule has 0 bridgehead atoms. The Morgan fingerprint density at radius 3 is 1.76 bits per heavy atom. The van der Waals surface area contributed by atoms with E-state index >= 15 is 9.59 Å². The first-order valence-corrected chi connectivity index (χ1v) is 40.4. The molecule has 1 aliphatic heterocycles. The predicted octanol–water partition coefficient (Wildman–Crippen LogP) is -2.35. The van der Waals surface area contributed by atoms with E-state index in [-0.39, 0.29) is 122 Å². The Hall–Kier alpha value is -9.79. The molecule has 1 fully saturated rings. The maximum atomic E-state index is 15.1. The minimum atomic E-state index is -1.82. The van der Waals surface area contributed by atoms with Crippen LogP contribution < -0.4 is 102 Å². The van der Waals surface area contributed by atoms with Crippen LogP contribution in [0, 0.1) is 5.92 Å². The first kappa shape index (κ1) is 98.6. The van der Waals surface area contributed by atoms with Crippen LogP contribution in [-0.2, 0) is 68.7 Å². The van der Waals surface area contributed by atoms with Crippen LogP contribution in [0.5, 0.6) is 5.75 Å². The summed E-state index contributed by atoms with van der Waals surface area (Å²) in [6.45, 7) is 8.62. The smallest absolute Gasteiger partial charge is 0.257 e. The summed E-state index contributed by atoms with van der Waals surface area (Å²) in [4.78, 5) is 182. The van der Waals surface area contributed by atoms with Crippen molar-refractivity contribution in [2.45, 2.75) is 236 Å². The highest BCUT2D eigenvalue weighted by molar-refractivity contribution is 5.98. The summed E-state index contributed by atoms with van der Waals surface area (Å²) in [5.74, 6) is -10.3. The van der Waals surface area contributed by atoms with Gasteiger partial charge in [-0.25, -0.2) is 0 Å². The number of benzene rings is 3. The lowest BCUT2D eigenvalue weighted by atomic mass is 9.99. The third-order valence-electron chi connectivity index (χ3n) is 19.0. The van der Waals surface area contributed by atoms with Crippen molar-refractivity contribution in [1.29, 1.82) is 0 Å². The highest BCUT2D eigenvalue weighted by atomic mass is 16.5. The average molecular weight is 1630 g/mol. The van der Waals surface area contributed by atoms with Crippen molar-refractivity contribution in [3.8, 4) is 16.9 Å². The lowest BCUT2D eigenvalue weighted by molar-refractivity contribution is -0.137. The van der Waals surface area contributed by atoms with Gasteiger partial charge in [0.05, 0.1) is 37.5 Å². The second-order valence-corrected chi connectivity index (χ2v) is 29.2. The van der Waals surface area contributed by atoms with E-state index in [4.69, 9.17) is 32.4 Å². The maximum Gasteiger partial charge on any atom is 0.257 e. The average Bonchev–Trinajstić information content (AvgIpc) is 0.922. The van der Waals surface area contributed by atoms with Gasteiger partial charge >= 0.3 is 0 Å². The number of likely N-dealkylation sites (N-methyl/N-ethyl adjacent to an activating group) is 1. The lowest BCUT2D eigenvalue weighted by Gasteiger charge is -2.32. The molecular formula is C80H128N18O18. The highest BCUT2D eigenvalue weighted by Crippen LogP contribution is 2.24. The SMILES string of the molecule is CCCCCCCCCCC(=O)N[C@@H](CCN)C(=O)N[C@H](C(=O)N[C@@H](CCNC(=O)CCOCCNC(=O)c1cccc(-c2ccc(OCC(=O)NCC)cc2)c1)C(=O)N[C@H]1CCNC(=O)[C@H]([C@@H](C)O)NC(=O)[C@H](CCN)NC(=O)[C@H](CCN)NC(=O)[C@H](CC(C)C)NC(O)[C@@H](Cc2ccccc2)NC(=O)[C@H](CCN)NC1=O)[C@@H](C)O. The maximum absolute atomic E-state index is 15.1. The Balaban J connectivity index is 1.68. The van der Waals surface area contributed by atoms with E-state index < -0.39 is 169 Å². The van der Waals surface area contributed by atoms with E-state index in [1.165, 1.54) is 13.8 Å². The number of rotatable bonds is 45. The Morgan fingerprint density at radius 2 is 1.16 bits per heavy atom. The minimum Gasteiger partial charge on any atom is -0.484 e. The highest BCUT2D eigenvalue weighted by Gasteiger charge is 2.38. The fourth-order valence-corrected chi connectivity index (χ4v) is 12.6. The summed E-state index contributed by atoms with van der Waals surface area (Å²) in [5, 5.41) is 71.1. The van der Waals surface area contributed by atoms with Crippen molar-refractivity contribution < 1.29 is 87.1 Å². The van der Waals surface area contributed by atoms with E-state index in [0.29, 0.717) is 29.8 Å². The monoisotopic (exact) mass is 1630 g/mol. The normalized spacial score (nSPS) is 20.1. The second kappa shape index (κ2) is 54.9. The predicted molar refractivity (Wildman–Crippen MR) is 434 cm³/mol. The van der Waals surface area contributed by atoms with Crippen LogP contribution in [0.1, 0.15) is 167 Å². The van der Waals surface area contributed by atoms with E-state index in [1.54, 1.807) is 93.6 Å². The summed E-state index contributed by atoms with van der Waals surface area (Å²) in [6, 6.07) is 7.25. The van der Waals surface area contributed by atoms with Crippen LogP contribution in [-0.4, -0.2) is 243 Å². The molecule has 0 spiro atoms. The molecule has 0 aromatic heterocycles. The first-order valence-electron chi connectivity index (χ1n) is 40.4. The number of unbranched alkanes of at least 4 members (excludes halogenated alkanes) is 7. The summed E-state index contributed by atoms with van der Waals surface area (Å²) < 4.78 is 11.2. The van der Waals surface area contributed by atoms with Gasteiger partial charge in [-0.05, 0) is 152 Å². The molecular weight excluding hydrogens is 1500 g/mol. The van der Waals surface area contributed by atoms with Gasteiger partial charge in [-0.2, -0.15) is 0 Å². The van der Waals surface area contributed by atoms with Gasteiger partial charge in [0.1, 0.15) is 60.3 Å². The van der Waals surface area contributed by atoms with E-state index in [1.807, 2.05) is 6.07 Å². The molecule has 4 rings (SSSR count). The molecule has 1 saturated heterocycles. The van der Waals surface area contributed by atoms with Crippen LogP contribution in [0.2, 0.25) is 0 Å². The van der Waals surface area contributed by atoms with E-state index in [0.717, 1.165) is 56.1 Å². The van der Waals surface area contributed by atoms with E-state index in [2.05, 4.69) is 81.4 Å². The standard InChI is InChI=1S/C80H128N18O18/c1-7-9-10-11-12-13-14-18-24-66(102)89-57(29-36-81)75(109)98-69(51(6)100)80(114)94-62(33-40-86-65(101)35-43-115-44-42-88-70(104)55-23-19-22-54(47-55)53-25-27-56(28-26-53)116-48-67(103)85-8-2)74(108)93-61-34-41-87-79(113)68(50(5)99)97-76(110)60(32-39-84)91-71(105)58(30-37-82)92-77(111)63(45-49(3)4)95-78(112)64(46-52-20-16-15-17-21-52)96-72(106)59(31-38-83)90-73(61)107/h15-17,19-23,25-28,47,49-51,57-64,68-69,78,95,99-100,112H,7-14,18,24,29-46,48,81-84H2,1-6H3,(H,85,103)(H,86,101)(H,87,113)(H,88,104)(H,89,102)(H,90,107)(H,91,105)(H,92,111)(H,93,108)(H,94,114)(H,96,106)(H,97,110)(H,98,109)/t50-,51-,57+,58+,59+,60+,61+,62+,63+,64-,68+,69+,78?/m1/s1. The largest absolute Gasteiger partial charge is 0.484 e. The van der Waals surface area contributed by atoms with Crippen molar-refractivity contribution in [2.24, 2.45) is 28.9 Å². The molecule has 3 aromatic carbocycles. The Labute approximate surface area is 679 Å². The van der Waals surface area contributed by atoms with Crippen LogP contribution >= 0.6 is 0 Å². The molecule has 1 aliphatic rings. The number of carbonyl (C=O) groups is 13. The van der Waals surface area contributed by atoms with Gasteiger partial charge in [0, 0.05) is 44.6 Å². The van der Waals surface area contributed by atoms with Gasteiger partial charge in [-0.1, -0.05) is 120 Å². The number of nitrogens with one attached hydrogen (secondary N) is 14. The fraction of sp³-hybridized carbons (Fsp3) is 0.613. The van der Waals surface area contributed by atoms with Crippen LogP contribution in [0.25, 0.3) is 11.1 Å². The van der Waals surface area contributed by atoms with Gasteiger partial charge in [0.15, 0.2) is 6.61 Å². The zero-order chi connectivity index (χ0) is 85.5. The van der Waals surface area contributed by atoms with Crippen molar-refractivity contribution in [1.82, 2.24) is 74.4 Å². The molecule has 1 heterocycles. The minimum absolute atomic E-state index is 0.0130. The Morgan fingerprint density at radius 1 is 0.552 bits per heavy atom. The topological polar surface area (TPSA) is 574 Å². The summed E-state index contributed by atoms with van der Waals surface area (Å²) in [6.07, 6.45) is 0.884. The molecule has 0 aliphatic carbocycles. The third kappa shape index (κ3) is 37.0. The lowest BCUT2D eigenvalue weighted by Crippen LogP contribution is -2.62. The fourth-order valence-electron chi connectivity index (χ4n) is 12.6. The van der Waals surface area contributed by atoms with Crippen molar-refractivity contribution in [3.63, 3.8) is 0 Å². The Kier molecular flexibility index (Phi) is 46.7. The van der Waals surface area contributed by atoms with Gasteiger partial charge < -0.3 is 117 Å². The zero-order valence-electron chi connectivity index (χ0n) is 67.9. The molecule has 3 aromatic rings. The number of aliphatic hydroxyl groups excluding tert-OH is 3. The number of ether oxygens (including phenoxy) is 2. The summed E-state index contributed by atoms with van der Waals surface area (Å²) in [7, 11) is 0. The first-order chi connectivity index (χ1) is 55.6. The van der Waals surface area contributed by atoms with Gasteiger partial charge in [-0.3, -0.25) is 67.6 Å². The van der Waals surface area contributed by atoms with Gasteiger partial charge in [-0.15, -0.1) is 0 Å². The zero-order valence-corrected chi connectivity index (χ0v) is 67.9. The van der Waals surface area contributed by atoms with Crippen LogP contribution in [0.4, 0.5) is 0 Å². The van der Waals surface area contributed by atoms with Gasteiger partial charge in [0.25, 0.3) is 11.8 Å². The van der Waals surface area contributed by atoms with Crippen molar-refractivity contribution in [3.05, 3.63) is 90.0 Å². The number of hydrogen-bond donors (Lipinski definition) is 21. The van der Waals surface area contributed by atoms with Crippen molar-refractivity contribution >= 4 is 76.8 Å². The number of nitrogens with two attached hydrogens (primary N) is 4. The molecule has 646 valence electrons. The number of hydrogen-bond acceptors (Lipinski definition) is 23. The second-order valence-electron chi connectivity index (χ2n) is 29.2. The quantitative estimate of drug-likeness (QED) is 0.0263. The molecule has 25 N–H and O–H groups in total. The molecule has 13 amide bonds. The Bertz CT molecular complexity index is 3560. The number of amides is 13. The summed E-state index contributed by atoms with van der Waals surface area (Å²) >= 11 is 0. The molecule has 36 nitrogen and oxygen atoms in total. The molecule has 36 heteroatoms. The molecule has 0 radical (unpaired) electrons. The van der Waals surface area contributed by atoms with Crippen LogP contribution in [0.3, 0.4) is 0 Å². The molecule has 0 saturated carbocycles. The van der Waals surface area contributed by atoms with E-state index in [9.17, 15) is 68.1 Å². The summed E-state index contributed by atoms with van der Waals surface area (Å²) in [5.41, 5.74) is 26.3. The number of carbonyl (C=O) groups excluding carboxylic acids is 13. The van der Waals surface area contributed by atoms with Gasteiger partial charge in [0.2, 0.25) is 65.0 Å². The number of aliphatic hydroxyl groups is 3.